The van der Waals surface area contributed by atoms with Gasteiger partial charge in [-0.1, -0.05) is 26.8 Å². The molecule has 0 radical (unpaired) electrons. The Balaban J connectivity index is 1.72. The Labute approximate surface area is 150 Å². The number of amides is 1. The summed E-state index contributed by atoms with van der Waals surface area (Å²) in [6.07, 6.45) is 6.80. The molecule has 2 N–H and O–H groups in total. The number of aryl methyl sites for hydroxylation is 1. The van der Waals surface area contributed by atoms with E-state index in [0.29, 0.717) is 5.92 Å². The molecule has 2 fully saturated rings. The highest BCUT2D eigenvalue weighted by atomic mass is 16.2. The molecule has 1 saturated heterocycles. The molecule has 1 atom stereocenters. The van der Waals surface area contributed by atoms with Crippen molar-refractivity contribution in [2.24, 2.45) is 16.1 Å². The summed E-state index contributed by atoms with van der Waals surface area (Å²) in [6, 6.07) is 6.24. The summed E-state index contributed by atoms with van der Waals surface area (Å²) in [5, 5.41) is 0. The van der Waals surface area contributed by atoms with Gasteiger partial charge >= 0.3 is 0 Å². The summed E-state index contributed by atoms with van der Waals surface area (Å²) in [6.45, 7) is 9.01. The first-order valence-electron chi connectivity index (χ1n) is 9.18. The molecule has 2 aliphatic rings. The Hall–Kier alpha value is -2.10. The molecule has 1 saturated carbocycles. The summed E-state index contributed by atoms with van der Waals surface area (Å²) < 4.78 is 0. The zero-order valence-electron chi connectivity index (χ0n) is 15.7. The van der Waals surface area contributed by atoms with Gasteiger partial charge in [-0.2, -0.15) is 0 Å². The standard InChI is InChI=1S/C21H29N3O/c1-14-11-16(15-5-6-15)13-17(12-14)24-10-8-18(20(24)25)23-9-7-19(22)21(2,3)4/h7,9,11-13,15,18H,5-6,8,10,22H2,1-4H3. The maximum Gasteiger partial charge on any atom is 0.251 e. The molecule has 0 aromatic heterocycles. The van der Waals surface area contributed by atoms with Crippen molar-refractivity contribution in [2.75, 3.05) is 11.4 Å². The molecule has 1 aliphatic heterocycles. The lowest BCUT2D eigenvalue weighted by molar-refractivity contribution is -0.118. The zero-order valence-corrected chi connectivity index (χ0v) is 15.7. The third-order valence-corrected chi connectivity index (χ3v) is 5.01. The number of carbonyl (C=O) groups is 1. The van der Waals surface area contributed by atoms with Crippen LogP contribution in [-0.2, 0) is 4.79 Å². The molecule has 4 heteroatoms. The van der Waals surface area contributed by atoms with Crippen molar-refractivity contribution in [1.82, 2.24) is 0 Å². The Morgan fingerprint density at radius 2 is 1.96 bits per heavy atom. The van der Waals surface area contributed by atoms with Crippen LogP contribution >= 0.6 is 0 Å². The molecule has 4 nitrogen and oxygen atoms in total. The molecule has 3 rings (SSSR count). The van der Waals surface area contributed by atoms with Crippen LogP contribution in [0.2, 0.25) is 0 Å². The second kappa shape index (κ2) is 6.66. The van der Waals surface area contributed by atoms with Gasteiger partial charge in [0, 0.05) is 29.6 Å². The van der Waals surface area contributed by atoms with Crippen LogP contribution in [-0.4, -0.2) is 24.7 Å². The molecule has 134 valence electrons. The molecular weight excluding hydrogens is 310 g/mol. The van der Waals surface area contributed by atoms with Crippen LogP contribution in [0, 0.1) is 12.3 Å². The average molecular weight is 339 g/mol. The molecule has 0 bridgehead atoms. The van der Waals surface area contributed by atoms with Gasteiger partial charge in [0.25, 0.3) is 5.91 Å². The molecule has 1 unspecified atom stereocenters. The fourth-order valence-corrected chi connectivity index (χ4v) is 3.14. The summed E-state index contributed by atoms with van der Waals surface area (Å²) in [5.74, 6) is 0.780. The van der Waals surface area contributed by atoms with E-state index in [4.69, 9.17) is 5.73 Å². The van der Waals surface area contributed by atoms with Gasteiger partial charge in [-0.15, -0.1) is 0 Å². The molecule has 1 aromatic carbocycles. The van der Waals surface area contributed by atoms with Crippen LogP contribution in [0.3, 0.4) is 0 Å². The molecule has 1 aliphatic carbocycles. The molecule has 25 heavy (non-hydrogen) atoms. The summed E-state index contributed by atoms with van der Waals surface area (Å²) in [4.78, 5) is 19.1. The van der Waals surface area contributed by atoms with Crippen LogP contribution in [0.25, 0.3) is 0 Å². The normalized spacial score (nSPS) is 22.2. The van der Waals surface area contributed by atoms with Gasteiger partial charge in [0.1, 0.15) is 6.04 Å². The van der Waals surface area contributed by atoms with Gasteiger partial charge in [-0.05, 0) is 61.4 Å². The first-order chi connectivity index (χ1) is 11.8. The molecule has 1 amide bonds. The van der Waals surface area contributed by atoms with Crippen LogP contribution in [0.5, 0.6) is 0 Å². The van der Waals surface area contributed by atoms with Crippen LogP contribution < -0.4 is 10.6 Å². The predicted octanol–water partition coefficient (Wildman–Crippen LogP) is 3.94. The quantitative estimate of drug-likeness (QED) is 0.845. The lowest BCUT2D eigenvalue weighted by atomic mass is 9.92. The van der Waals surface area contributed by atoms with E-state index in [-0.39, 0.29) is 17.4 Å². The second-order valence-corrected chi connectivity index (χ2v) is 8.34. The fraction of sp³-hybridized carbons (Fsp3) is 0.524. The van der Waals surface area contributed by atoms with Gasteiger partial charge in [-0.3, -0.25) is 9.79 Å². The monoisotopic (exact) mass is 339 g/mol. The molecule has 0 spiro atoms. The number of benzene rings is 1. The first kappa shape index (κ1) is 17.7. The highest BCUT2D eigenvalue weighted by molar-refractivity contribution is 6.00. The lowest BCUT2D eigenvalue weighted by Gasteiger charge is -2.18. The Kier molecular flexibility index (Phi) is 4.72. The molecule has 1 aromatic rings. The summed E-state index contributed by atoms with van der Waals surface area (Å²) in [7, 11) is 0. The Bertz CT molecular complexity index is 723. The minimum absolute atomic E-state index is 0.0848. The van der Waals surface area contributed by atoms with Crippen molar-refractivity contribution < 1.29 is 4.79 Å². The third-order valence-electron chi connectivity index (χ3n) is 5.01. The van der Waals surface area contributed by atoms with Crippen LogP contribution in [0.4, 0.5) is 5.69 Å². The highest BCUT2D eigenvalue weighted by Gasteiger charge is 2.33. The average Bonchev–Trinajstić information content (AvgIpc) is 3.31. The maximum atomic E-state index is 12.7. The minimum atomic E-state index is -0.297. The predicted molar refractivity (Wildman–Crippen MR) is 104 cm³/mol. The van der Waals surface area contributed by atoms with Gasteiger partial charge in [0.15, 0.2) is 0 Å². The van der Waals surface area contributed by atoms with Gasteiger partial charge < -0.3 is 10.6 Å². The van der Waals surface area contributed by atoms with Gasteiger partial charge in [-0.25, -0.2) is 0 Å². The number of rotatable bonds is 4. The number of hydrogen-bond donors (Lipinski definition) is 1. The number of nitrogens with two attached hydrogens (primary N) is 1. The highest BCUT2D eigenvalue weighted by Crippen LogP contribution is 2.42. The van der Waals surface area contributed by atoms with Crippen LogP contribution in [0.1, 0.15) is 57.1 Å². The smallest absolute Gasteiger partial charge is 0.251 e. The van der Waals surface area contributed by atoms with E-state index in [1.165, 1.54) is 24.0 Å². The topological polar surface area (TPSA) is 58.7 Å². The first-order valence-corrected chi connectivity index (χ1v) is 9.18. The van der Waals surface area contributed by atoms with Crippen molar-refractivity contribution in [2.45, 2.75) is 58.9 Å². The summed E-state index contributed by atoms with van der Waals surface area (Å²) >= 11 is 0. The number of carbonyl (C=O) groups excluding carboxylic acids is 1. The lowest BCUT2D eigenvalue weighted by Crippen LogP contribution is -2.28. The molecular formula is C21H29N3O. The number of nitrogens with zero attached hydrogens (tertiary/aromatic N) is 2. The van der Waals surface area contributed by atoms with Gasteiger partial charge in [0.05, 0.1) is 0 Å². The van der Waals surface area contributed by atoms with E-state index in [1.807, 2.05) is 11.0 Å². The number of anilines is 1. The number of allylic oxidation sites excluding steroid dienone is 2. The van der Waals surface area contributed by atoms with Crippen molar-refractivity contribution in [3.63, 3.8) is 0 Å². The second-order valence-electron chi connectivity index (χ2n) is 8.34. The van der Waals surface area contributed by atoms with E-state index in [2.05, 4.69) is 50.9 Å². The van der Waals surface area contributed by atoms with E-state index < -0.39 is 0 Å². The third kappa shape index (κ3) is 4.12. The van der Waals surface area contributed by atoms with Gasteiger partial charge in [0.2, 0.25) is 0 Å². The zero-order chi connectivity index (χ0) is 18.2. The maximum absolute atomic E-state index is 12.7. The van der Waals surface area contributed by atoms with E-state index >= 15 is 0 Å². The number of hydrogen-bond acceptors (Lipinski definition) is 3. The molecule has 1 heterocycles. The fourth-order valence-electron chi connectivity index (χ4n) is 3.14. The van der Waals surface area contributed by atoms with Crippen molar-refractivity contribution >= 4 is 17.8 Å². The van der Waals surface area contributed by atoms with Crippen molar-refractivity contribution in [3.8, 4) is 0 Å². The number of aliphatic imine (C=N–C) groups is 1. The van der Waals surface area contributed by atoms with Crippen LogP contribution in [0.15, 0.2) is 35.0 Å². The van der Waals surface area contributed by atoms with E-state index in [9.17, 15) is 4.79 Å². The minimum Gasteiger partial charge on any atom is -0.402 e. The SMILES string of the molecule is Cc1cc(C2CC2)cc(N2CCC(N=CC=C(N)C(C)(C)C)C2=O)c1. The largest absolute Gasteiger partial charge is 0.402 e. The summed E-state index contributed by atoms with van der Waals surface area (Å²) in [5.41, 5.74) is 10.3. The van der Waals surface area contributed by atoms with Crippen molar-refractivity contribution in [1.29, 1.82) is 0 Å². The Morgan fingerprint density at radius 1 is 1.24 bits per heavy atom. The van der Waals surface area contributed by atoms with E-state index in [1.54, 1.807) is 6.21 Å². The van der Waals surface area contributed by atoms with E-state index in [0.717, 1.165) is 24.4 Å². The van der Waals surface area contributed by atoms with Crippen molar-refractivity contribution in [3.05, 3.63) is 41.1 Å². The Morgan fingerprint density at radius 3 is 2.60 bits per heavy atom.